The van der Waals surface area contributed by atoms with E-state index in [0.29, 0.717) is 33.3 Å². The maximum Gasteiger partial charge on any atom is 0.375 e. The molecule has 0 saturated carbocycles. The normalized spacial score (nSPS) is 13.2. The lowest BCUT2D eigenvalue weighted by molar-refractivity contribution is 0.0648. The number of aromatic carboxylic acids is 1. The van der Waals surface area contributed by atoms with E-state index in [1.165, 1.54) is 0 Å². The molecular weight excluding hydrogens is 400 g/mol. The monoisotopic (exact) mass is 414 g/mol. The van der Waals surface area contributed by atoms with Crippen LogP contribution < -0.4 is 14.8 Å². The second-order valence-corrected chi connectivity index (χ2v) is 6.79. The molecule has 9 heteroatoms. The van der Waals surface area contributed by atoms with E-state index >= 15 is 0 Å². The van der Waals surface area contributed by atoms with Crippen molar-refractivity contribution in [3.05, 3.63) is 64.4 Å². The van der Waals surface area contributed by atoms with Gasteiger partial charge in [-0.15, -0.1) is 0 Å². The van der Waals surface area contributed by atoms with Gasteiger partial charge in [0, 0.05) is 16.1 Å². The fourth-order valence-electron chi connectivity index (χ4n) is 3.06. The largest absolute Gasteiger partial charge is 0.475 e. The van der Waals surface area contributed by atoms with E-state index in [1.54, 1.807) is 49.4 Å². The maximum atomic E-state index is 12.7. The number of fused-ring (bicyclic) bond motifs is 1. The Morgan fingerprint density at radius 2 is 1.86 bits per heavy atom. The number of nitrogens with one attached hydrogen (secondary N) is 1. The molecule has 0 radical (unpaired) electrons. The summed E-state index contributed by atoms with van der Waals surface area (Å²) in [5, 5.41) is 16.7. The Labute approximate surface area is 170 Å². The van der Waals surface area contributed by atoms with Crippen LogP contribution in [0.5, 0.6) is 11.5 Å². The Balaban J connectivity index is 1.64. The minimum Gasteiger partial charge on any atom is -0.475 e. The van der Waals surface area contributed by atoms with E-state index in [-0.39, 0.29) is 18.1 Å². The molecule has 1 aliphatic rings. The standard InChI is InChI=1S/C20H15ClN2O6/c1-10(22-19(24)12-4-7-14-15(8-12)28-9-27-14)16-17(23-29-18(16)20(25)26)11-2-5-13(21)6-3-11/h2-8,10H,9H2,1H3,(H,22,24)(H,25,26)/t10-/m1/s1. The highest BCUT2D eigenvalue weighted by Crippen LogP contribution is 2.34. The molecule has 1 atom stereocenters. The van der Waals surface area contributed by atoms with Crippen LogP contribution in [-0.2, 0) is 0 Å². The van der Waals surface area contributed by atoms with Gasteiger partial charge in [0.1, 0.15) is 5.69 Å². The average molecular weight is 415 g/mol. The van der Waals surface area contributed by atoms with Gasteiger partial charge in [-0.05, 0) is 37.3 Å². The number of aromatic nitrogens is 1. The van der Waals surface area contributed by atoms with E-state index in [9.17, 15) is 14.7 Å². The van der Waals surface area contributed by atoms with E-state index in [1.807, 2.05) is 0 Å². The number of amides is 1. The first-order chi connectivity index (χ1) is 13.9. The topological polar surface area (TPSA) is 111 Å². The molecule has 0 aliphatic carbocycles. The SMILES string of the molecule is C[C@@H](NC(=O)c1ccc2c(c1)OCO2)c1c(-c2ccc(Cl)cc2)noc1C(=O)O. The third kappa shape index (κ3) is 3.62. The van der Waals surface area contributed by atoms with Crippen LogP contribution in [0.25, 0.3) is 11.3 Å². The molecule has 0 bridgehead atoms. The van der Waals surface area contributed by atoms with Gasteiger partial charge in [-0.2, -0.15) is 0 Å². The Morgan fingerprint density at radius 1 is 1.14 bits per heavy atom. The number of rotatable bonds is 5. The maximum absolute atomic E-state index is 12.7. The quantitative estimate of drug-likeness (QED) is 0.651. The van der Waals surface area contributed by atoms with Gasteiger partial charge in [0.15, 0.2) is 11.5 Å². The van der Waals surface area contributed by atoms with Gasteiger partial charge >= 0.3 is 5.97 Å². The summed E-state index contributed by atoms with van der Waals surface area (Å²) >= 11 is 5.92. The molecule has 0 unspecified atom stereocenters. The average Bonchev–Trinajstić information content (AvgIpc) is 3.35. The van der Waals surface area contributed by atoms with Crippen LogP contribution in [-0.4, -0.2) is 28.9 Å². The third-order valence-electron chi connectivity index (χ3n) is 4.46. The van der Waals surface area contributed by atoms with Gasteiger partial charge < -0.3 is 24.4 Å². The Morgan fingerprint density at radius 3 is 2.59 bits per heavy atom. The van der Waals surface area contributed by atoms with Crippen LogP contribution in [0.15, 0.2) is 47.0 Å². The van der Waals surface area contributed by atoms with Crippen molar-refractivity contribution in [1.29, 1.82) is 0 Å². The van der Waals surface area contributed by atoms with Crippen LogP contribution in [0.1, 0.15) is 39.4 Å². The van der Waals surface area contributed by atoms with E-state index in [0.717, 1.165) is 0 Å². The fraction of sp³-hybridized carbons (Fsp3) is 0.150. The summed E-state index contributed by atoms with van der Waals surface area (Å²) in [5.41, 5.74) is 1.54. The number of carboxylic acid groups (broad SMARTS) is 1. The van der Waals surface area contributed by atoms with Crippen molar-refractivity contribution >= 4 is 23.5 Å². The highest BCUT2D eigenvalue weighted by Gasteiger charge is 2.28. The van der Waals surface area contributed by atoms with Crippen molar-refractivity contribution in [1.82, 2.24) is 10.5 Å². The summed E-state index contributed by atoms with van der Waals surface area (Å²) < 4.78 is 15.6. The molecule has 1 aliphatic heterocycles. The summed E-state index contributed by atoms with van der Waals surface area (Å²) in [5.74, 6) is -0.990. The molecule has 3 aromatic rings. The van der Waals surface area contributed by atoms with E-state index in [4.69, 9.17) is 25.6 Å². The van der Waals surface area contributed by atoms with Gasteiger partial charge in [-0.1, -0.05) is 28.9 Å². The first kappa shape index (κ1) is 18.8. The number of ether oxygens (including phenoxy) is 2. The van der Waals surface area contributed by atoms with E-state index in [2.05, 4.69) is 10.5 Å². The Bertz CT molecular complexity index is 1090. The molecule has 1 aromatic heterocycles. The van der Waals surface area contributed by atoms with Gasteiger partial charge in [-0.25, -0.2) is 4.79 Å². The number of nitrogens with zero attached hydrogens (tertiary/aromatic N) is 1. The summed E-state index contributed by atoms with van der Waals surface area (Å²) in [6, 6.07) is 10.8. The second kappa shape index (κ2) is 7.48. The molecule has 2 aromatic carbocycles. The van der Waals surface area contributed by atoms with Crippen LogP contribution in [0.2, 0.25) is 5.02 Å². The molecule has 1 amide bonds. The molecule has 148 valence electrons. The smallest absolute Gasteiger partial charge is 0.375 e. The second-order valence-electron chi connectivity index (χ2n) is 6.35. The zero-order valence-corrected chi connectivity index (χ0v) is 15.9. The third-order valence-corrected chi connectivity index (χ3v) is 4.71. The number of carbonyl (C=O) groups excluding carboxylic acids is 1. The van der Waals surface area contributed by atoms with Crippen molar-refractivity contribution in [2.45, 2.75) is 13.0 Å². The van der Waals surface area contributed by atoms with Crippen molar-refractivity contribution < 1.29 is 28.7 Å². The van der Waals surface area contributed by atoms with Crippen molar-refractivity contribution in [2.75, 3.05) is 6.79 Å². The number of hydrogen-bond donors (Lipinski definition) is 2. The number of benzene rings is 2. The summed E-state index contributed by atoms with van der Waals surface area (Å²) in [6.45, 7) is 1.76. The molecule has 0 saturated heterocycles. The first-order valence-corrected chi connectivity index (χ1v) is 9.01. The highest BCUT2D eigenvalue weighted by atomic mass is 35.5. The first-order valence-electron chi connectivity index (χ1n) is 8.63. The molecule has 8 nitrogen and oxygen atoms in total. The zero-order valence-electron chi connectivity index (χ0n) is 15.1. The molecule has 0 spiro atoms. The minimum atomic E-state index is -1.28. The molecule has 4 rings (SSSR count). The lowest BCUT2D eigenvalue weighted by Gasteiger charge is -2.15. The fourth-order valence-corrected chi connectivity index (χ4v) is 3.19. The minimum absolute atomic E-state index is 0.101. The zero-order chi connectivity index (χ0) is 20.5. The van der Waals surface area contributed by atoms with Crippen LogP contribution >= 0.6 is 11.6 Å². The van der Waals surface area contributed by atoms with Crippen molar-refractivity contribution in [3.63, 3.8) is 0 Å². The molecule has 0 fully saturated rings. The van der Waals surface area contributed by atoms with E-state index < -0.39 is 17.9 Å². The van der Waals surface area contributed by atoms with Crippen molar-refractivity contribution in [2.24, 2.45) is 0 Å². The van der Waals surface area contributed by atoms with Crippen LogP contribution in [0.4, 0.5) is 0 Å². The summed E-state index contributed by atoms with van der Waals surface area (Å²) in [7, 11) is 0. The number of hydrogen-bond acceptors (Lipinski definition) is 6. The Hall–Kier alpha value is -3.52. The van der Waals surface area contributed by atoms with Crippen LogP contribution in [0, 0.1) is 0 Å². The lowest BCUT2D eigenvalue weighted by Crippen LogP contribution is -2.27. The molecular formula is C20H15ClN2O6. The predicted molar refractivity (Wildman–Crippen MR) is 102 cm³/mol. The van der Waals surface area contributed by atoms with Gasteiger partial charge in [0.05, 0.1) is 11.6 Å². The number of halogens is 1. The molecule has 2 N–H and O–H groups in total. The lowest BCUT2D eigenvalue weighted by atomic mass is 10.00. The highest BCUT2D eigenvalue weighted by molar-refractivity contribution is 6.30. The van der Waals surface area contributed by atoms with Gasteiger partial charge in [0.25, 0.3) is 5.91 Å². The summed E-state index contributed by atoms with van der Waals surface area (Å²) in [6.07, 6.45) is 0. The Kier molecular flexibility index (Phi) is 4.85. The van der Waals surface area contributed by atoms with Crippen LogP contribution in [0.3, 0.4) is 0 Å². The predicted octanol–water partition coefficient (Wildman–Crippen LogP) is 3.91. The van der Waals surface area contributed by atoms with Crippen molar-refractivity contribution in [3.8, 4) is 22.8 Å². The summed E-state index contributed by atoms with van der Waals surface area (Å²) in [4.78, 5) is 24.3. The van der Waals surface area contributed by atoms with Gasteiger partial charge in [0.2, 0.25) is 12.6 Å². The number of carbonyl (C=O) groups is 2. The molecule has 29 heavy (non-hydrogen) atoms. The van der Waals surface area contributed by atoms with Gasteiger partial charge in [-0.3, -0.25) is 4.79 Å². The molecule has 2 heterocycles. The number of carboxylic acids is 1.